The van der Waals surface area contributed by atoms with Crippen LogP contribution in [0.15, 0.2) is 42.5 Å². The molecule has 0 nitrogen and oxygen atoms in total. The topological polar surface area (TPSA) is 0 Å². The van der Waals surface area contributed by atoms with E-state index in [9.17, 15) is 0 Å². The summed E-state index contributed by atoms with van der Waals surface area (Å²) >= 11 is 6.09. The molecule has 16 heavy (non-hydrogen) atoms. The molecule has 0 N–H and O–H groups in total. The van der Waals surface area contributed by atoms with E-state index in [2.05, 4.69) is 37.3 Å². The Balaban J connectivity index is 0.00000128. The summed E-state index contributed by atoms with van der Waals surface area (Å²) in [4.78, 5) is 0. The third-order valence-corrected chi connectivity index (χ3v) is 2.77. The summed E-state index contributed by atoms with van der Waals surface area (Å²) in [5, 5.41) is 0.814. The van der Waals surface area contributed by atoms with E-state index in [1.54, 1.807) is 0 Å². The zero-order chi connectivity index (χ0) is 10.7. The molecule has 2 rings (SSSR count). The molecule has 0 unspecified atom stereocenters. The van der Waals surface area contributed by atoms with Crippen LogP contribution in [-0.4, -0.2) is 0 Å². The summed E-state index contributed by atoms with van der Waals surface area (Å²) in [5.74, 6) is 0. The van der Waals surface area contributed by atoms with Crippen LogP contribution in [-0.2, 0) is 6.42 Å². The van der Waals surface area contributed by atoms with Gasteiger partial charge in [0.2, 0.25) is 0 Å². The first-order valence-corrected chi connectivity index (χ1v) is 5.33. The van der Waals surface area contributed by atoms with Crippen molar-refractivity contribution in [2.45, 2.75) is 13.3 Å². The van der Waals surface area contributed by atoms with Crippen molar-refractivity contribution < 1.29 is 18.9 Å². The molecular formula is C14H12ClLi. The van der Waals surface area contributed by atoms with Crippen LogP contribution in [0.1, 0.15) is 16.7 Å². The van der Waals surface area contributed by atoms with Crippen molar-refractivity contribution in [1.82, 2.24) is 0 Å². The van der Waals surface area contributed by atoms with Crippen LogP contribution in [0.2, 0.25) is 5.02 Å². The average molecular weight is 223 g/mol. The molecule has 0 atom stereocenters. The standard InChI is InChI=1S/C14H12Cl.Li/c1-11-6-8-12(9-7-11)10-13-4-2-3-5-14(13)15;/h3-9H,10H2,1H3;/q-1;+1. The fourth-order valence-electron chi connectivity index (χ4n) is 1.51. The molecule has 0 spiro atoms. The SMILES string of the molecule is Cc1ccc(Cc2c[c-]ccc2Cl)cc1.[Li+]. The molecule has 0 aromatic heterocycles. The van der Waals surface area contributed by atoms with Crippen LogP contribution < -0.4 is 18.9 Å². The Bertz CT molecular complexity index is 449. The first kappa shape index (κ1) is 13.4. The van der Waals surface area contributed by atoms with Gasteiger partial charge in [-0.15, -0.1) is 17.2 Å². The maximum Gasteiger partial charge on any atom is 1.00 e. The first-order chi connectivity index (χ1) is 7.25. The maximum atomic E-state index is 6.09. The Morgan fingerprint density at radius 1 is 1.12 bits per heavy atom. The van der Waals surface area contributed by atoms with Crippen molar-refractivity contribution >= 4 is 11.6 Å². The van der Waals surface area contributed by atoms with Gasteiger partial charge in [0, 0.05) is 0 Å². The average Bonchev–Trinajstić information content (AvgIpc) is 2.25. The van der Waals surface area contributed by atoms with Crippen molar-refractivity contribution in [2.24, 2.45) is 0 Å². The minimum atomic E-state index is 0. The fourth-order valence-corrected chi connectivity index (χ4v) is 1.69. The molecule has 0 bridgehead atoms. The van der Waals surface area contributed by atoms with E-state index in [1.165, 1.54) is 11.1 Å². The van der Waals surface area contributed by atoms with Crippen LogP contribution in [0.3, 0.4) is 0 Å². The maximum absolute atomic E-state index is 6.09. The van der Waals surface area contributed by atoms with Crippen molar-refractivity contribution in [1.29, 1.82) is 0 Å². The third kappa shape index (κ3) is 3.42. The number of hydrogen-bond acceptors (Lipinski definition) is 0. The van der Waals surface area contributed by atoms with Crippen LogP contribution in [0.25, 0.3) is 0 Å². The van der Waals surface area contributed by atoms with Crippen LogP contribution >= 0.6 is 11.6 Å². The molecular weight excluding hydrogens is 211 g/mol. The van der Waals surface area contributed by atoms with Gasteiger partial charge in [-0.3, -0.25) is 0 Å². The van der Waals surface area contributed by atoms with Gasteiger partial charge in [-0.2, -0.15) is 24.3 Å². The van der Waals surface area contributed by atoms with E-state index in [0.717, 1.165) is 17.0 Å². The summed E-state index contributed by atoms with van der Waals surface area (Å²) in [6.07, 6.45) is 0.871. The monoisotopic (exact) mass is 222 g/mol. The number of rotatable bonds is 2. The zero-order valence-electron chi connectivity index (χ0n) is 9.63. The van der Waals surface area contributed by atoms with Gasteiger partial charge in [0.1, 0.15) is 0 Å². The van der Waals surface area contributed by atoms with E-state index >= 15 is 0 Å². The largest absolute Gasteiger partial charge is 1.00 e. The minimum Gasteiger partial charge on any atom is -0.183 e. The van der Waals surface area contributed by atoms with Gasteiger partial charge in [-0.1, -0.05) is 40.4 Å². The summed E-state index contributed by atoms with van der Waals surface area (Å²) in [7, 11) is 0. The van der Waals surface area contributed by atoms with Crippen molar-refractivity contribution in [3.05, 3.63) is 70.2 Å². The van der Waals surface area contributed by atoms with Gasteiger partial charge in [-0.25, -0.2) is 0 Å². The van der Waals surface area contributed by atoms with Gasteiger partial charge in [0.05, 0.1) is 0 Å². The molecule has 0 saturated carbocycles. The van der Waals surface area contributed by atoms with Crippen molar-refractivity contribution in [2.75, 3.05) is 0 Å². The summed E-state index contributed by atoms with van der Waals surface area (Å²) in [5.41, 5.74) is 3.69. The van der Waals surface area contributed by atoms with Crippen LogP contribution in [0, 0.1) is 13.0 Å². The summed E-state index contributed by atoms with van der Waals surface area (Å²) in [6.45, 7) is 2.09. The van der Waals surface area contributed by atoms with Crippen LogP contribution in [0.4, 0.5) is 0 Å². The molecule has 2 aromatic carbocycles. The second-order valence-electron chi connectivity index (χ2n) is 3.68. The Hall–Kier alpha value is -0.673. The molecule has 0 heterocycles. The first-order valence-electron chi connectivity index (χ1n) is 4.96. The summed E-state index contributed by atoms with van der Waals surface area (Å²) < 4.78 is 0. The normalized spacial score (nSPS) is 9.62. The Kier molecular flexibility index (Phi) is 5.16. The second-order valence-corrected chi connectivity index (χ2v) is 4.09. The third-order valence-electron chi connectivity index (χ3n) is 2.41. The molecule has 0 aliphatic heterocycles. The number of hydrogen-bond donors (Lipinski definition) is 0. The Morgan fingerprint density at radius 2 is 1.81 bits per heavy atom. The van der Waals surface area contributed by atoms with E-state index in [0.29, 0.717) is 0 Å². The predicted molar refractivity (Wildman–Crippen MR) is 64.3 cm³/mol. The molecule has 0 amide bonds. The molecule has 0 fully saturated rings. The molecule has 2 heteroatoms. The number of benzene rings is 2. The molecule has 2 aromatic rings. The molecule has 0 aliphatic carbocycles. The van der Waals surface area contributed by atoms with Crippen LogP contribution in [0.5, 0.6) is 0 Å². The smallest absolute Gasteiger partial charge is 0.183 e. The molecule has 0 radical (unpaired) electrons. The molecule has 76 valence electrons. The number of aryl methyl sites for hydroxylation is 1. The fraction of sp³-hybridized carbons (Fsp3) is 0.143. The Morgan fingerprint density at radius 3 is 2.44 bits per heavy atom. The molecule has 0 saturated heterocycles. The number of halogens is 1. The second kappa shape index (κ2) is 6.16. The van der Waals surface area contributed by atoms with E-state index in [-0.39, 0.29) is 18.9 Å². The van der Waals surface area contributed by atoms with Crippen molar-refractivity contribution in [3.8, 4) is 0 Å². The molecule has 0 aliphatic rings. The Labute approximate surface area is 114 Å². The van der Waals surface area contributed by atoms with E-state index in [4.69, 9.17) is 11.6 Å². The summed E-state index contributed by atoms with van der Waals surface area (Å²) in [6, 6.07) is 17.2. The minimum absolute atomic E-state index is 0. The zero-order valence-corrected chi connectivity index (χ0v) is 10.4. The predicted octanol–water partition coefficient (Wildman–Crippen LogP) is 1.04. The van der Waals surface area contributed by atoms with Gasteiger partial charge in [-0.05, 0) is 13.3 Å². The quantitative estimate of drug-likeness (QED) is 0.526. The van der Waals surface area contributed by atoms with Gasteiger partial charge < -0.3 is 0 Å². The van der Waals surface area contributed by atoms with Gasteiger partial charge >= 0.3 is 18.9 Å². The van der Waals surface area contributed by atoms with Gasteiger partial charge in [0.25, 0.3) is 0 Å². The van der Waals surface area contributed by atoms with Gasteiger partial charge in [0.15, 0.2) is 0 Å². The van der Waals surface area contributed by atoms with E-state index in [1.807, 2.05) is 18.2 Å². The van der Waals surface area contributed by atoms with Crippen molar-refractivity contribution in [3.63, 3.8) is 0 Å². The van der Waals surface area contributed by atoms with E-state index < -0.39 is 0 Å².